The molecule has 0 aliphatic heterocycles. The number of phenols is 1. The third-order valence-corrected chi connectivity index (χ3v) is 3.63. The lowest BCUT2D eigenvalue weighted by Crippen LogP contribution is -1.95. The summed E-state index contributed by atoms with van der Waals surface area (Å²) in [6, 6.07) is 2.57. The van der Waals surface area contributed by atoms with Crippen molar-refractivity contribution in [1.82, 2.24) is 0 Å². The third-order valence-electron chi connectivity index (χ3n) is 1.86. The van der Waals surface area contributed by atoms with Gasteiger partial charge in [0.2, 0.25) is 9.05 Å². The molecule has 0 saturated heterocycles. The molecule has 5 nitrogen and oxygen atoms in total. The maximum absolute atomic E-state index is 10.9. The normalized spacial score (nSPS) is 12.1. The molecule has 0 fully saturated rings. The molecule has 0 spiro atoms. The van der Waals surface area contributed by atoms with Gasteiger partial charge in [0.1, 0.15) is 11.3 Å². The van der Waals surface area contributed by atoms with Crippen molar-refractivity contribution in [2.45, 2.75) is 5.75 Å². The molecule has 0 amide bonds. The van der Waals surface area contributed by atoms with Crippen molar-refractivity contribution in [1.29, 1.82) is 0 Å². The Morgan fingerprint density at radius 3 is 2.75 bits per heavy atom. The first kappa shape index (κ1) is 11.4. The van der Waals surface area contributed by atoms with E-state index in [2.05, 4.69) is 0 Å². The van der Waals surface area contributed by atoms with Crippen molar-refractivity contribution in [3.63, 3.8) is 0 Å². The fraction of sp³-hybridized carbons (Fsp3) is 0.125. The van der Waals surface area contributed by atoms with E-state index in [1.807, 2.05) is 0 Å². The molecule has 0 saturated carbocycles. The SMILES string of the molecule is O=c1oc2cc(CS(=O)(=O)Cl)c(O)cc2s1. The van der Waals surface area contributed by atoms with E-state index in [9.17, 15) is 18.3 Å². The summed E-state index contributed by atoms with van der Waals surface area (Å²) in [4.78, 5) is 10.4. The van der Waals surface area contributed by atoms with Gasteiger partial charge in [0.05, 0.1) is 10.5 Å². The van der Waals surface area contributed by atoms with Gasteiger partial charge in [-0.1, -0.05) is 11.3 Å². The zero-order valence-electron chi connectivity index (χ0n) is 7.64. The summed E-state index contributed by atoms with van der Waals surface area (Å²) in [5.41, 5.74) is 0.340. The topological polar surface area (TPSA) is 84.6 Å². The number of fused-ring (bicyclic) bond motifs is 1. The Bertz CT molecular complexity index is 697. The average Bonchev–Trinajstić information content (AvgIpc) is 2.42. The zero-order valence-corrected chi connectivity index (χ0v) is 10.0. The molecule has 0 atom stereocenters. The van der Waals surface area contributed by atoms with E-state index in [1.54, 1.807) is 0 Å². The van der Waals surface area contributed by atoms with Gasteiger partial charge in [0.25, 0.3) is 0 Å². The second-order valence-electron chi connectivity index (χ2n) is 3.06. The van der Waals surface area contributed by atoms with Gasteiger partial charge >= 0.3 is 4.94 Å². The molecule has 8 heteroatoms. The summed E-state index contributed by atoms with van der Waals surface area (Å²) >= 11 is 0.828. The van der Waals surface area contributed by atoms with Crippen LogP contribution in [0.4, 0.5) is 0 Å². The van der Waals surface area contributed by atoms with Crippen molar-refractivity contribution >= 4 is 41.4 Å². The number of phenolic OH excluding ortho intramolecular Hbond substituents is 1. The minimum atomic E-state index is -3.77. The highest BCUT2D eigenvalue weighted by atomic mass is 35.7. The van der Waals surface area contributed by atoms with Crippen molar-refractivity contribution in [3.8, 4) is 5.75 Å². The highest BCUT2D eigenvalue weighted by Crippen LogP contribution is 2.28. The summed E-state index contributed by atoms with van der Waals surface area (Å²) in [6.45, 7) is 0. The molecular weight excluding hydrogens is 276 g/mol. The predicted molar refractivity (Wildman–Crippen MR) is 60.5 cm³/mol. The summed E-state index contributed by atoms with van der Waals surface area (Å²) in [5.74, 6) is -0.746. The van der Waals surface area contributed by atoms with Gasteiger partial charge in [-0.25, -0.2) is 13.2 Å². The van der Waals surface area contributed by atoms with Crippen molar-refractivity contribution in [2.24, 2.45) is 0 Å². The third kappa shape index (κ3) is 2.37. The molecule has 2 rings (SSSR count). The van der Waals surface area contributed by atoms with Crippen LogP contribution in [-0.2, 0) is 14.8 Å². The lowest BCUT2D eigenvalue weighted by Gasteiger charge is -2.01. The van der Waals surface area contributed by atoms with Crippen LogP contribution in [0, 0.1) is 0 Å². The van der Waals surface area contributed by atoms with Crippen LogP contribution in [-0.4, -0.2) is 13.5 Å². The Balaban J connectivity index is 2.62. The number of benzene rings is 1. The van der Waals surface area contributed by atoms with Crippen LogP contribution in [0.15, 0.2) is 21.3 Å². The molecule has 1 heterocycles. The first-order valence-corrected chi connectivity index (χ1v) is 7.32. The molecule has 1 aromatic heterocycles. The Morgan fingerprint density at radius 1 is 1.44 bits per heavy atom. The van der Waals surface area contributed by atoms with Crippen LogP contribution in [0.5, 0.6) is 5.75 Å². The van der Waals surface area contributed by atoms with Gasteiger partial charge in [-0.2, -0.15) is 0 Å². The van der Waals surface area contributed by atoms with E-state index in [0.717, 1.165) is 11.3 Å². The minimum Gasteiger partial charge on any atom is -0.508 e. The zero-order chi connectivity index (χ0) is 11.9. The number of rotatable bonds is 2. The standard InChI is InChI=1S/C8H5ClO5S2/c9-16(12,13)3-4-1-6-7(2-5(4)10)15-8(11)14-6/h1-2,10H,3H2. The molecule has 0 aliphatic carbocycles. The quantitative estimate of drug-likeness (QED) is 0.845. The lowest BCUT2D eigenvalue weighted by atomic mass is 10.2. The van der Waals surface area contributed by atoms with Crippen molar-refractivity contribution < 1.29 is 17.9 Å². The molecule has 2 aromatic rings. The minimum absolute atomic E-state index is 0.101. The molecule has 0 bridgehead atoms. The van der Waals surface area contributed by atoms with Gasteiger partial charge in [0.15, 0.2) is 0 Å². The predicted octanol–water partition coefficient (Wildman–Crippen LogP) is 1.63. The Labute approximate surface area is 98.3 Å². The van der Waals surface area contributed by atoms with E-state index < -0.39 is 19.7 Å². The maximum Gasteiger partial charge on any atom is 0.396 e. The molecular formula is C8H5ClO5S2. The fourth-order valence-corrected chi connectivity index (χ4v) is 2.89. The molecule has 0 aliphatic rings. The van der Waals surface area contributed by atoms with Crippen LogP contribution in [0.25, 0.3) is 10.3 Å². The highest BCUT2D eigenvalue weighted by molar-refractivity contribution is 8.13. The van der Waals surface area contributed by atoms with E-state index in [4.69, 9.17) is 15.1 Å². The van der Waals surface area contributed by atoms with Gasteiger partial charge in [-0.05, 0) is 6.07 Å². The summed E-state index contributed by atoms with van der Waals surface area (Å²) in [5, 5.41) is 9.52. The Hall–Kier alpha value is -1.05. The summed E-state index contributed by atoms with van der Waals surface area (Å²) in [6.07, 6.45) is 0. The molecule has 1 N–H and O–H groups in total. The van der Waals surface area contributed by atoms with Crippen molar-refractivity contribution in [2.75, 3.05) is 0 Å². The Morgan fingerprint density at radius 2 is 2.12 bits per heavy atom. The number of hydrogen-bond acceptors (Lipinski definition) is 6. The number of halogens is 1. The fourth-order valence-electron chi connectivity index (χ4n) is 1.25. The first-order valence-electron chi connectivity index (χ1n) is 4.03. The summed E-state index contributed by atoms with van der Waals surface area (Å²) in [7, 11) is 1.30. The first-order chi connectivity index (χ1) is 7.35. The van der Waals surface area contributed by atoms with E-state index in [0.29, 0.717) is 4.70 Å². The highest BCUT2D eigenvalue weighted by Gasteiger charge is 2.14. The van der Waals surface area contributed by atoms with Crippen LogP contribution in [0.2, 0.25) is 0 Å². The molecule has 16 heavy (non-hydrogen) atoms. The van der Waals surface area contributed by atoms with Crippen LogP contribution in [0.3, 0.4) is 0 Å². The molecule has 0 unspecified atom stereocenters. The van der Waals surface area contributed by atoms with Crippen molar-refractivity contribution in [3.05, 3.63) is 27.4 Å². The van der Waals surface area contributed by atoms with Gasteiger partial charge in [0, 0.05) is 22.3 Å². The average molecular weight is 281 g/mol. The van der Waals surface area contributed by atoms with Gasteiger partial charge in [-0.3, -0.25) is 0 Å². The van der Waals surface area contributed by atoms with E-state index in [-0.39, 0.29) is 16.9 Å². The van der Waals surface area contributed by atoms with Crippen LogP contribution >= 0.6 is 22.0 Å². The number of hydrogen-bond donors (Lipinski definition) is 1. The van der Waals surface area contributed by atoms with Gasteiger partial charge in [-0.15, -0.1) is 0 Å². The number of aromatic hydroxyl groups is 1. The smallest absolute Gasteiger partial charge is 0.396 e. The maximum atomic E-state index is 10.9. The molecule has 86 valence electrons. The second kappa shape index (κ2) is 3.76. The molecule has 0 radical (unpaired) electrons. The Kier molecular flexibility index (Phi) is 2.69. The second-order valence-corrected chi connectivity index (χ2v) is 6.82. The van der Waals surface area contributed by atoms with Crippen LogP contribution < -0.4 is 4.94 Å². The van der Waals surface area contributed by atoms with Crippen LogP contribution in [0.1, 0.15) is 5.56 Å². The largest absolute Gasteiger partial charge is 0.508 e. The van der Waals surface area contributed by atoms with E-state index >= 15 is 0 Å². The van der Waals surface area contributed by atoms with Gasteiger partial charge < -0.3 is 9.52 Å². The molecule has 1 aromatic carbocycles. The summed E-state index contributed by atoms with van der Waals surface area (Å²) < 4.78 is 27.0. The van der Waals surface area contributed by atoms with E-state index in [1.165, 1.54) is 12.1 Å². The monoisotopic (exact) mass is 280 g/mol. The lowest BCUT2D eigenvalue weighted by molar-refractivity contribution is 0.470.